The molecule has 17 heavy (non-hydrogen) atoms. The average molecular weight is 273 g/mol. The standard InChI is InChI=1S/C14H21ClOS/c1-14(2,3)12(10-17)9-16-8-11-4-6-13(15)7-5-11/h4-7,12,17H,8-10H2,1-3H3. The summed E-state index contributed by atoms with van der Waals surface area (Å²) in [6, 6.07) is 7.77. The summed E-state index contributed by atoms with van der Waals surface area (Å²) < 4.78 is 5.75. The first-order valence-corrected chi connectivity index (χ1v) is 6.87. The highest BCUT2D eigenvalue weighted by Crippen LogP contribution is 2.27. The molecule has 96 valence electrons. The number of benzene rings is 1. The first-order valence-electron chi connectivity index (χ1n) is 5.86. The van der Waals surface area contributed by atoms with Gasteiger partial charge in [-0.3, -0.25) is 0 Å². The minimum absolute atomic E-state index is 0.238. The van der Waals surface area contributed by atoms with Crippen LogP contribution in [0.4, 0.5) is 0 Å². The van der Waals surface area contributed by atoms with Crippen LogP contribution < -0.4 is 0 Å². The average Bonchev–Trinajstić information content (AvgIpc) is 2.25. The highest BCUT2D eigenvalue weighted by atomic mass is 35.5. The van der Waals surface area contributed by atoms with Crippen molar-refractivity contribution in [2.75, 3.05) is 12.4 Å². The van der Waals surface area contributed by atoms with Crippen molar-refractivity contribution in [1.82, 2.24) is 0 Å². The lowest BCUT2D eigenvalue weighted by Crippen LogP contribution is -2.26. The van der Waals surface area contributed by atoms with E-state index in [0.717, 1.165) is 22.9 Å². The topological polar surface area (TPSA) is 9.23 Å². The van der Waals surface area contributed by atoms with Crippen molar-refractivity contribution >= 4 is 24.2 Å². The molecule has 0 spiro atoms. The fourth-order valence-corrected chi connectivity index (χ4v) is 2.26. The van der Waals surface area contributed by atoms with Crippen molar-refractivity contribution in [2.24, 2.45) is 11.3 Å². The molecule has 0 amide bonds. The lowest BCUT2D eigenvalue weighted by molar-refractivity contribution is 0.0561. The maximum atomic E-state index is 5.83. The molecule has 0 radical (unpaired) electrons. The fourth-order valence-electron chi connectivity index (χ4n) is 1.48. The normalized spacial score (nSPS) is 13.7. The van der Waals surface area contributed by atoms with Crippen molar-refractivity contribution in [3.63, 3.8) is 0 Å². The van der Waals surface area contributed by atoms with Gasteiger partial charge in [-0.25, -0.2) is 0 Å². The molecule has 0 aliphatic heterocycles. The van der Waals surface area contributed by atoms with Crippen LogP contribution in [-0.2, 0) is 11.3 Å². The van der Waals surface area contributed by atoms with E-state index in [0.29, 0.717) is 12.5 Å². The van der Waals surface area contributed by atoms with E-state index in [4.69, 9.17) is 16.3 Å². The highest BCUT2D eigenvalue weighted by molar-refractivity contribution is 7.80. The van der Waals surface area contributed by atoms with Crippen LogP contribution in [0.3, 0.4) is 0 Å². The van der Waals surface area contributed by atoms with Crippen LogP contribution in [0.25, 0.3) is 0 Å². The lowest BCUT2D eigenvalue weighted by Gasteiger charge is -2.29. The molecule has 1 unspecified atom stereocenters. The van der Waals surface area contributed by atoms with Gasteiger partial charge in [-0.1, -0.05) is 44.5 Å². The van der Waals surface area contributed by atoms with Crippen LogP contribution >= 0.6 is 24.2 Å². The van der Waals surface area contributed by atoms with Gasteiger partial charge in [-0.2, -0.15) is 12.6 Å². The zero-order chi connectivity index (χ0) is 12.9. The van der Waals surface area contributed by atoms with E-state index in [1.807, 2.05) is 24.3 Å². The predicted octanol–water partition coefficient (Wildman–Crippen LogP) is 4.45. The van der Waals surface area contributed by atoms with Gasteiger partial charge in [0.2, 0.25) is 0 Å². The molecule has 1 aromatic rings. The molecule has 0 aromatic heterocycles. The van der Waals surface area contributed by atoms with Crippen molar-refractivity contribution in [2.45, 2.75) is 27.4 Å². The molecule has 0 saturated carbocycles. The van der Waals surface area contributed by atoms with Gasteiger partial charge < -0.3 is 4.74 Å². The van der Waals surface area contributed by atoms with E-state index in [2.05, 4.69) is 33.4 Å². The predicted molar refractivity (Wildman–Crippen MR) is 77.9 cm³/mol. The zero-order valence-electron chi connectivity index (χ0n) is 10.7. The van der Waals surface area contributed by atoms with Gasteiger partial charge in [-0.15, -0.1) is 0 Å². The maximum Gasteiger partial charge on any atom is 0.0717 e. The summed E-state index contributed by atoms with van der Waals surface area (Å²) in [5.41, 5.74) is 1.39. The van der Waals surface area contributed by atoms with Crippen molar-refractivity contribution in [1.29, 1.82) is 0 Å². The first kappa shape index (κ1) is 14.9. The molecular weight excluding hydrogens is 252 g/mol. The molecule has 0 aliphatic rings. The van der Waals surface area contributed by atoms with Crippen LogP contribution in [0, 0.1) is 11.3 Å². The molecule has 0 heterocycles. The zero-order valence-corrected chi connectivity index (χ0v) is 12.4. The Morgan fingerprint density at radius 3 is 2.29 bits per heavy atom. The van der Waals surface area contributed by atoms with Gasteiger partial charge in [-0.05, 0) is 34.8 Å². The number of hydrogen-bond acceptors (Lipinski definition) is 2. The van der Waals surface area contributed by atoms with E-state index in [1.165, 1.54) is 0 Å². The summed E-state index contributed by atoms with van der Waals surface area (Å²) in [5, 5.41) is 0.761. The van der Waals surface area contributed by atoms with Gasteiger partial charge in [0.1, 0.15) is 0 Å². The molecular formula is C14H21ClOS. The van der Waals surface area contributed by atoms with Crippen molar-refractivity contribution < 1.29 is 4.74 Å². The van der Waals surface area contributed by atoms with E-state index >= 15 is 0 Å². The maximum absolute atomic E-state index is 5.83. The minimum Gasteiger partial charge on any atom is -0.376 e. The monoisotopic (exact) mass is 272 g/mol. The second-order valence-corrected chi connectivity index (χ2v) is 6.19. The van der Waals surface area contributed by atoms with Crippen LogP contribution in [0.1, 0.15) is 26.3 Å². The Bertz CT molecular complexity index is 329. The minimum atomic E-state index is 0.238. The summed E-state index contributed by atoms with van der Waals surface area (Å²) in [6.07, 6.45) is 0. The van der Waals surface area contributed by atoms with Gasteiger partial charge >= 0.3 is 0 Å². The first-order chi connectivity index (χ1) is 7.93. The SMILES string of the molecule is CC(C)(C)C(CS)COCc1ccc(Cl)cc1. The number of halogens is 1. The third-order valence-corrected chi connectivity index (χ3v) is 3.64. The summed E-state index contributed by atoms with van der Waals surface area (Å²) in [5.74, 6) is 1.32. The summed E-state index contributed by atoms with van der Waals surface area (Å²) in [6.45, 7) is 8.05. The molecule has 0 saturated heterocycles. The number of rotatable bonds is 5. The Hall–Kier alpha value is -0.180. The summed E-state index contributed by atoms with van der Waals surface area (Å²) >= 11 is 10.2. The van der Waals surface area contributed by atoms with Crippen LogP contribution in [0.5, 0.6) is 0 Å². The van der Waals surface area contributed by atoms with Crippen LogP contribution in [-0.4, -0.2) is 12.4 Å². The number of ether oxygens (including phenoxy) is 1. The van der Waals surface area contributed by atoms with Gasteiger partial charge in [0, 0.05) is 5.02 Å². The third-order valence-electron chi connectivity index (χ3n) is 2.95. The Morgan fingerprint density at radius 2 is 1.82 bits per heavy atom. The van der Waals surface area contributed by atoms with Crippen LogP contribution in [0.2, 0.25) is 5.02 Å². The summed E-state index contributed by atoms with van der Waals surface area (Å²) in [4.78, 5) is 0. The number of thiol groups is 1. The largest absolute Gasteiger partial charge is 0.376 e. The molecule has 1 aromatic carbocycles. The Morgan fingerprint density at radius 1 is 1.24 bits per heavy atom. The molecule has 1 atom stereocenters. The van der Waals surface area contributed by atoms with Gasteiger partial charge in [0.25, 0.3) is 0 Å². The lowest BCUT2D eigenvalue weighted by atomic mass is 9.82. The molecule has 1 rings (SSSR count). The van der Waals surface area contributed by atoms with Gasteiger partial charge in [0.05, 0.1) is 13.2 Å². The Labute approximate surface area is 115 Å². The fraction of sp³-hybridized carbons (Fsp3) is 0.571. The van der Waals surface area contributed by atoms with E-state index in [9.17, 15) is 0 Å². The van der Waals surface area contributed by atoms with Crippen LogP contribution in [0.15, 0.2) is 24.3 Å². The Balaban J connectivity index is 2.39. The quantitative estimate of drug-likeness (QED) is 0.779. The second-order valence-electron chi connectivity index (χ2n) is 5.39. The summed E-state index contributed by atoms with van der Waals surface area (Å²) in [7, 11) is 0. The molecule has 0 fully saturated rings. The smallest absolute Gasteiger partial charge is 0.0717 e. The number of hydrogen-bond donors (Lipinski definition) is 1. The molecule has 1 nitrogen and oxygen atoms in total. The molecule has 0 bridgehead atoms. The molecule has 3 heteroatoms. The third kappa shape index (κ3) is 5.33. The molecule has 0 aliphatic carbocycles. The van der Waals surface area contributed by atoms with E-state index < -0.39 is 0 Å². The van der Waals surface area contributed by atoms with Crippen molar-refractivity contribution in [3.8, 4) is 0 Å². The van der Waals surface area contributed by atoms with E-state index in [-0.39, 0.29) is 5.41 Å². The van der Waals surface area contributed by atoms with Gasteiger partial charge in [0.15, 0.2) is 0 Å². The highest BCUT2D eigenvalue weighted by Gasteiger charge is 2.23. The molecule has 0 N–H and O–H groups in total. The van der Waals surface area contributed by atoms with E-state index in [1.54, 1.807) is 0 Å². The second kappa shape index (κ2) is 6.67. The van der Waals surface area contributed by atoms with Crippen molar-refractivity contribution in [3.05, 3.63) is 34.9 Å². The Kier molecular flexibility index (Phi) is 5.84.